The molecule has 0 atom stereocenters. The number of ketones is 1. The van der Waals surface area contributed by atoms with Crippen LogP contribution in [0.5, 0.6) is 0 Å². The van der Waals surface area contributed by atoms with E-state index >= 15 is 0 Å². The molecular weight excluding hydrogens is 328 g/mol. The lowest BCUT2D eigenvalue weighted by atomic mass is 10.1. The van der Waals surface area contributed by atoms with Gasteiger partial charge in [0, 0.05) is 24.0 Å². The Morgan fingerprint density at radius 1 is 1.13 bits per heavy atom. The lowest BCUT2D eigenvalue weighted by Crippen LogP contribution is -2.15. The normalized spacial score (nSPS) is 10.7. The van der Waals surface area contributed by atoms with Gasteiger partial charge in [0.05, 0.1) is 10.6 Å². The maximum absolute atomic E-state index is 13.2. The summed E-state index contributed by atoms with van der Waals surface area (Å²) in [7, 11) is 1.81. The third kappa shape index (κ3) is 3.42. The fourth-order valence-corrected chi connectivity index (χ4v) is 2.33. The molecule has 0 bridgehead atoms. The zero-order valence-corrected chi connectivity index (χ0v) is 13.5. The van der Waals surface area contributed by atoms with Gasteiger partial charge in [0.1, 0.15) is 0 Å². The van der Waals surface area contributed by atoms with Gasteiger partial charge in [-0.1, -0.05) is 11.6 Å². The van der Waals surface area contributed by atoms with E-state index in [-0.39, 0.29) is 10.6 Å². The van der Waals surface area contributed by atoms with Crippen LogP contribution in [0.15, 0.2) is 18.2 Å². The minimum Gasteiger partial charge on any atom is -0.454 e. The van der Waals surface area contributed by atoms with Crippen LogP contribution in [-0.2, 0) is 11.8 Å². The van der Waals surface area contributed by atoms with Gasteiger partial charge in [-0.05, 0) is 32.0 Å². The molecule has 0 unspecified atom stereocenters. The Labute approximate surface area is 136 Å². The fourth-order valence-electron chi connectivity index (χ4n) is 2.10. The Bertz CT molecular complexity index is 799. The molecule has 0 N–H and O–H groups in total. The lowest BCUT2D eigenvalue weighted by molar-refractivity contribution is 0.0474. The average molecular weight is 342 g/mol. The van der Waals surface area contributed by atoms with Crippen molar-refractivity contribution in [2.24, 2.45) is 7.05 Å². The van der Waals surface area contributed by atoms with Gasteiger partial charge in [0.25, 0.3) is 0 Å². The number of benzene rings is 1. The van der Waals surface area contributed by atoms with Crippen LogP contribution in [0, 0.1) is 25.5 Å². The summed E-state index contributed by atoms with van der Waals surface area (Å²) in [5, 5.41) is -0.284. The van der Waals surface area contributed by atoms with E-state index in [4.69, 9.17) is 16.3 Å². The van der Waals surface area contributed by atoms with Gasteiger partial charge in [-0.2, -0.15) is 0 Å². The van der Waals surface area contributed by atoms with Crippen molar-refractivity contribution in [2.75, 3.05) is 6.61 Å². The molecule has 0 aliphatic heterocycles. The second kappa shape index (κ2) is 6.50. The molecule has 23 heavy (non-hydrogen) atoms. The number of carbonyl (C=O) groups excluding carboxylic acids is 2. The Balaban J connectivity index is 2.11. The van der Waals surface area contributed by atoms with Crippen LogP contribution in [-0.4, -0.2) is 22.9 Å². The molecule has 0 spiro atoms. The number of aryl methyl sites for hydroxylation is 1. The number of nitrogens with zero attached hydrogens (tertiary/aromatic N) is 1. The summed E-state index contributed by atoms with van der Waals surface area (Å²) in [4.78, 5) is 24.0. The van der Waals surface area contributed by atoms with E-state index < -0.39 is 30.0 Å². The predicted octanol–water partition coefficient (Wildman–Crippen LogP) is 3.61. The predicted molar refractivity (Wildman–Crippen MR) is 80.9 cm³/mol. The van der Waals surface area contributed by atoms with Gasteiger partial charge in [0.15, 0.2) is 18.2 Å². The molecule has 1 heterocycles. The summed E-state index contributed by atoms with van der Waals surface area (Å²) in [6.45, 7) is 3.10. The molecule has 7 heteroatoms. The summed E-state index contributed by atoms with van der Waals surface area (Å²) >= 11 is 5.68. The van der Waals surface area contributed by atoms with Gasteiger partial charge < -0.3 is 9.30 Å². The van der Waals surface area contributed by atoms with Gasteiger partial charge in [-0.25, -0.2) is 13.6 Å². The van der Waals surface area contributed by atoms with E-state index in [1.165, 1.54) is 0 Å². The van der Waals surface area contributed by atoms with E-state index in [9.17, 15) is 18.4 Å². The first-order valence-corrected chi connectivity index (χ1v) is 7.08. The average Bonchev–Trinajstić information content (AvgIpc) is 2.75. The second-order valence-electron chi connectivity index (χ2n) is 5.09. The highest BCUT2D eigenvalue weighted by Gasteiger charge is 2.19. The number of halogens is 3. The first-order valence-electron chi connectivity index (χ1n) is 6.70. The lowest BCUT2D eigenvalue weighted by Gasteiger charge is -2.07. The van der Waals surface area contributed by atoms with Crippen molar-refractivity contribution in [1.82, 2.24) is 4.57 Å². The van der Waals surface area contributed by atoms with Crippen LogP contribution < -0.4 is 0 Å². The molecule has 0 aliphatic rings. The molecule has 2 aromatic rings. The van der Waals surface area contributed by atoms with Crippen molar-refractivity contribution in [1.29, 1.82) is 0 Å². The Morgan fingerprint density at radius 2 is 1.74 bits per heavy atom. The number of carbonyl (C=O) groups is 2. The molecule has 0 saturated heterocycles. The molecule has 0 fully saturated rings. The Morgan fingerprint density at radius 3 is 2.30 bits per heavy atom. The van der Waals surface area contributed by atoms with E-state index in [2.05, 4.69) is 0 Å². The Kier molecular flexibility index (Phi) is 4.85. The van der Waals surface area contributed by atoms with Gasteiger partial charge in [0.2, 0.25) is 5.78 Å². The molecule has 0 aliphatic carbocycles. The molecular formula is C16H14ClF2NO3. The third-order valence-electron chi connectivity index (χ3n) is 3.64. The van der Waals surface area contributed by atoms with Crippen LogP contribution in [0.25, 0.3) is 0 Å². The van der Waals surface area contributed by atoms with Gasteiger partial charge in [-0.3, -0.25) is 4.79 Å². The van der Waals surface area contributed by atoms with Crippen LogP contribution in [0.4, 0.5) is 8.78 Å². The highest BCUT2D eigenvalue weighted by Crippen LogP contribution is 2.21. The number of Topliss-reactive ketones (excluding diaryl/α,β-unsaturated/α-hetero) is 1. The summed E-state index contributed by atoms with van der Waals surface area (Å²) in [6.07, 6.45) is 0. The smallest absolute Gasteiger partial charge is 0.340 e. The molecule has 0 amide bonds. The van der Waals surface area contributed by atoms with Crippen molar-refractivity contribution >= 4 is 23.4 Å². The molecule has 1 aromatic carbocycles. The standard InChI is InChI=1S/C16H14ClF2NO3/c1-8-4-10(9(2)20(8)3)15(21)7-23-16(22)11-5-13(18)14(19)6-12(11)17/h4-6H,7H2,1-3H3. The number of rotatable bonds is 4. The number of esters is 1. The van der Waals surface area contributed by atoms with Crippen molar-refractivity contribution in [2.45, 2.75) is 13.8 Å². The van der Waals surface area contributed by atoms with E-state index in [1.54, 1.807) is 13.0 Å². The topological polar surface area (TPSA) is 48.3 Å². The van der Waals surface area contributed by atoms with Crippen molar-refractivity contribution < 1.29 is 23.1 Å². The first-order chi connectivity index (χ1) is 10.7. The van der Waals surface area contributed by atoms with Crippen LogP contribution in [0.2, 0.25) is 5.02 Å². The molecule has 122 valence electrons. The van der Waals surface area contributed by atoms with E-state index in [1.807, 2.05) is 18.5 Å². The van der Waals surface area contributed by atoms with Gasteiger partial charge >= 0.3 is 5.97 Å². The van der Waals surface area contributed by atoms with E-state index in [0.29, 0.717) is 17.7 Å². The molecule has 0 saturated carbocycles. The zero-order chi connectivity index (χ0) is 17.3. The molecule has 0 radical (unpaired) electrons. The van der Waals surface area contributed by atoms with Crippen molar-refractivity contribution in [3.05, 3.63) is 57.4 Å². The fraction of sp³-hybridized carbons (Fsp3) is 0.250. The molecule has 2 rings (SSSR count). The highest BCUT2D eigenvalue weighted by atomic mass is 35.5. The largest absolute Gasteiger partial charge is 0.454 e. The zero-order valence-electron chi connectivity index (χ0n) is 12.7. The first kappa shape index (κ1) is 17.1. The van der Waals surface area contributed by atoms with Gasteiger partial charge in [-0.15, -0.1) is 0 Å². The number of aromatic nitrogens is 1. The quantitative estimate of drug-likeness (QED) is 0.485. The minimum atomic E-state index is -1.22. The van der Waals surface area contributed by atoms with Crippen molar-refractivity contribution in [3.63, 3.8) is 0 Å². The van der Waals surface area contributed by atoms with Crippen LogP contribution >= 0.6 is 11.6 Å². The highest BCUT2D eigenvalue weighted by molar-refractivity contribution is 6.33. The van der Waals surface area contributed by atoms with Crippen molar-refractivity contribution in [3.8, 4) is 0 Å². The number of hydrogen-bond donors (Lipinski definition) is 0. The number of hydrogen-bond acceptors (Lipinski definition) is 3. The number of ether oxygens (including phenoxy) is 1. The molecule has 1 aromatic heterocycles. The summed E-state index contributed by atoms with van der Waals surface area (Å²) in [5.41, 5.74) is 1.74. The second-order valence-corrected chi connectivity index (χ2v) is 5.50. The van der Waals surface area contributed by atoms with Crippen LogP contribution in [0.1, 0.15) is 32.1 Å². The maximum Gasteiger partial charge on any atom is 0.340 e. The summed E-state index contributed by atoms with van der Waals surface area (Å²) < 4.78 is 32.8. The van der Waals surface area contributed by atoms with Crippen LogP contribution in [0.3, 0.4) is 0 Å². The monoisotopic (exact) mass is 341 g/mol. The van der Waals surface area contributed by atoms with E-state index in [0.717, 1.165) is 11.4 Å². The maximum atomic E-state index is 13.2. The summed E-state index contributed by atoms with van der Waals surface area (Å²) in [6, 6.07) is 3.01. The molecule has 4 nitrogen and oxygen atoms in total. The summed E-state index contributed by atoms with van der Waals surface area (Å²) in [5.74, 6) is -3.77. The SMILES string of the molecule is Cc1cc(C(=O)COC(=O)c2cc(F)c(F)cc2Cl)c(C)n1C. The third-order valence-corrected chi connectivity index (χ3v) is 3.95. The Hall–Kier alpha value is -2.21. The minimum absolute atomic E-state index is 0.284.